The van der Waals surface area contributed by atoms with Gasteiger partial charge < -0.3 is 26.0 Å². The summed E-state index contributed by atoms with van der Waals surface area (Å²) in [4.78, 5) is 39.8. The molecule has 2 saturated heterocycles. The molecule has 1 atom stereocenters. The van der Waals surface area contributed by atoms with Crippen molar-refractivity contribution in [2.45, 2.75) is 45.2 Å². The molecule has 2 amide bonds. The van der Waals surface area contributed by atoms with Crippen LogP contribution in [0.2, 0.25) is 5.15 Å². The van der Waals surface area contributed by atoms with E-state index < -0.39 is 23.4 Å². The van der Waals surface area contributed by atoms with Crippen LogP contribution in [-0.2, 0) is 0 Å². The maximum Gasteiger partial charge on any atom is 0.273 e. The molecule has 10 nitrogen and oxygen atoms in total. The van der Waals surface area contributed by atoms with Crippen molar-refractivity contribution in [3.8, 4) is 0 Å². The van der Waals surface area contributed by atoms with Crippen LogP contribution in [0.15, 0.2) is 12.1 Å². The molecule has 4 rings (SSSR count). The van der Waals surface area contributed by atoms with Gasteiger partial charge in [0.25, 0.3) is 11.8 Å². The second-order valence-electron chi connectivity index (χ2n) is 9.85. The van der Waals surface area contributed by atoms with Crippen LogP contribution in [0.4, 0.5) is 20.4 Å². The van der Waals surface area contributed by atoms with Gasteiger partial charge in [0.2, 0.25) is 0 Å². The SMILES string of the molecule is CC[C@H]1CN(c2nc(N)c(C(=O)NCCO)nc2Cl)CCN1C1CCN(C(=O)c2ccc(F)c(C)c2F)CC1. The van der Waals surface area contributed by atoms with Crippen molar-refractivity contribution in [3.63, 3.8) is 0 Å². The van der Waals surface area contributed by atoms with Crippen LogP contribution < -0.4 is 16.0 Å². The quantitative estimate of drug-likeness (QED) is 0.466. The number of carbonyl (C=O) groups is 2. The van der Waals surface area contributed by atoms with Gasteiger partial charge in [0.15, 0.2) is 22.5 Å². The zero-order chi connectivity index (χ0) is 28.3. The largest absolute Gasteiger partial charge is 0.395 e. The molecule has 2 aliphatic rings. The summed E-state index contributed by atoms with van der Waals surface area (Å²) in [5.41, 5.74) is 5.69. The summed E-state index contributed by atoms with van der Waals surface area (Å²) in [6, 6.07) is 2.79. The maximum atomic E-state index is 14.5. The molecule has 3 heterocycles. The number of hydrogen-bond donors (Lipinski definition) is 3. The van der Waals surface area contributed by atoms with Crippen molar-refractivity contribution in [1.29, 1.82) is 0 Å². The molecule has 0 bridgehead atoms. The third-order valence-corrected chi connectivity index (χ3v) is 7.80. The lowest BCUT2D eigenvalue weighted by molar-refractivity contribution is 0.0487. The van der Waals surface area contributed by atoms with Crippen molar-refractivity contribution < 1.29 is 23.5 Å². The highest BCUT2D eigenvalue weighted by Crippen LogP contribution is 2.30. The first kappa shape index (κ1) is 28.9. The monoisotopic (exact) mass is 565 g/mol. The molecule has 0 unspecified atom stereocenters. The predicted molar refractivity (Wildman–Crippen MR) is 144 cm³/mol. The number of amides is 2. The molecule has 0 aliphatic carbocycles. The highest BCUT2D eigenvalue weighted by atomic mass is 35.5. The Morgan fingerprint density at radius 1 is 1.18 bits per heavy atom. The third kappa shape index (κ3) is 6.07. The van der Waals surface area contributed by atoms with Crippen molar-refractivity contribution in [1.82, 2.24) is 25.1 Å². The van der Waals surface area contributed by atoms with E-state index in [-0.39, 0.29) is 53.0 Å². The van der Waals surface area contributed by atoms with Crippen molar-refractivity contribution in [3.05, 3.63) is 45.7 Å². The van der Waals surface area contributed by atoms with Gasteiger partial charge in [-0.25, -0.2) is 18.7 Å². The van der Waals surface area contributed by atoms with Crippen molar-refractivity contribution >= 4 is 35.1 Å². The van der Waals surface area contributed by atoms with E-state index in [4.69, 9.17) is 22.4 Å². The van der Waals surface area contributed by atoms with Crippen LogP contribution in [-0.4, -0.2) is 94.6 Å². The average molecular weight is 566 g/mol. The Hall–Kier alpha value is -3.09. The zero-order valence-corrected chi connectivity index (χ0v) is 22.8. The summed E-state index contributed by atoms with van der Waals surface area (Å²) >= 11 is 6.42. The number of aliphatic hydroxyl groups is 1. The summed E-state index contributed by atoms with van der Waals surface area (Å²) in [6.45, 7) is 6.27. The van der Waals surface area contributed by atoms with Gasteiger partial charge in [-0.15, -0.1) is 0 Å². The number of piperidine rings is 1. The van der Waals surface area contributed by atoms with E-state index in [2.05, 4.69) is 27.1 Å². The Balaban J connectivity index is 1.39. The van der Waals surface area contributed by atoms with Gasteiger partial charge in [0.05, 0.1) is 12.2 Å². The fourth-order valence-electron chi connectivity index (χ4n) is 5.34. The zero-order valence-electron chi connectivity index (χ0n) is 22.1. The van der Waals surface area contributed by atoms with E-state index in [0.717, 1.165) is 31.9 Å². The first-order chi connectivity index (χ1) is 18.7. The van der Waals surface area contributed by atoms with Crippen LogP contribution in [0.5, 0.6) is 0 Å². The van der Waals surface area contributed by atoms with E-state index in [1.54, 1.807) is 4.90 Å². The number of nitrogens with one attached hydrogen (secondary N) is 1. The number of benzene rings is 1. The number of carbonyl (C=O) groups excluding carboxylic acids is 2. The molecule has 13 heteroatoms. The second kappa shape index (κ2) is 12.4. The summed E-state index contributed by atoms with van der Waals surface area (Å²) < 4.78 is 28.2. The van der Waals surface area contributed by atoms with Gasteiger partial charge in [0, 0.05) is 56.9 Å². The highest BCUT2D eigenvalue weighted by molar-refractivity contribution is 6.32. The molecule has 1 aromatic heterocycles. The summed E-state index contributed by atoms with van der Waals surface area (Å²) in [7, 11) is 0. The summed E-state index contributed by atoms with van der Waals surface area (Å²) in [6.07, 6.45) is 2.36. The van der Waals surface area contributed by atoms with Gasteiger partial charge in [0.1, 0.15) is 11.6 Å². The van der Waals surface area contributed by atoms with Crippen LogP contribution in [0.3, 0.4) is 0 Å². The molecule has 39 heavy (non-hydrogen) atoms. The van der Waals surface area contributed by atoms with Gasteiger partial charge in [-0.2, -0.15) is 0 Å². The molecule has 2 fully saturated rings. The Morgan fingerprint density at radius 3 is 2.56 bits per heavy atom. The number of hydrogen-bond acceptors (Lipinski definition) is 8. The minimum Gasteiger partial charge on any atom is -0.395 e. The number of aliphatic hydroxyl groups excluding tert-OH is 1. The number of halogens is 3. The highest BCUT2D eigenvalue weighted by Gasteiger charge is 2.35. The predicted octanol–water partition coefficient (Wildman–Crippen LogP) is 2.23. The molecule has 2 aromatic rings. The third-order valence-electron chi connectivity index (χ3n) is 7.55. The molecule has 0 spiro atoms. The molecule has 4 N–H and O–H groups in total. The fraction of sp³-hybridized carbons (Fsp3) is 0.538. The number of piperazine rings is 1. The number of nitrogens with two attached hydrogens (primary N) is 1. The number of nitrogen functional groups attached to an aromatic ring is 1. The normalized spacial score (nSPS) is 18.9. The van der Waals surface area contributed by atoms with Gasteiger partial charge in [-0.3, -0.25) is 14.5 Å². The van der Waals surface area contributed by atoms with Crippen LogP contribution >= 0.6 is 11.6 Å². The molecule has 0 saturated carbocycles. The molecular weight excluding hydrogens is 532 g/mol. The summed E-state index contributed by atoms with van der Waals surface area (Å²) in [5, 5.41) is 11.5. The van der Waals surface area contributed by atoms with Crippen LogP contribution in [0.1, 0.15) is 52.6 Å². The molecule has 0 radical (unpaired) electrons. The smallest absolute Gasteiger partial charge is 0.273 e. The van der Waals surface area contributed by atoms with Crippen molar-refractivity contribution in [2.75, 3.05) is 56.5 Å². The van der Waals surface area contributed by atoms with E-state index >= 15 is 0 Å². The number of anilines is 2. The van der Waals surface area contributed by atoms with Crippen LogP contribution in [0, 0.1) is 18.6 Å². The Bertz CT molecular complexity index is 1230. The van der Waals surface area contributed by atoms with Crippen molar-refractivity contribution in [2.24, 2.45) is 0 Å². The van der Waals surface area contributed by atoms with E-state index in [1.165, 1.54) is 13.0 Å². The minimum absolute atomic E-state index is 0.0369. The standard InChI is InChI=1S/C26H34ClF2N7O3/c1-3-16-14-35(24-22(27)32-21(23(30)33-24)25(38)31-8-13-37)11-12-36(16)17-6-9-34(10-7-17)26(39)18-4-5-19(28)15(2)20(18)29/h4-5,16-17,37H,3,6-14H2,1-2H3,(H2,30,33)(H,31,38)/t16-/m0/s1. The molecular formula is C26H34ClF2N7O3. The van der Waals surface area contributed by atoms with E-state index in [0.29, 0.717) is 32.0 Å². The first-order valence-electron chi connectivity index (χ1n) is 13.1. The number of rotatable bonds is 7. The Labute approximate surface area is 231 Å². The molecule has 2 aliphatic heterocycles. The topological polar surface area (TPSA) is 128 Å². The van der Waals surface area contributed by atoms with Crippen LogP contribution in [0.25, 0.3) is 0 Å². The molecule has 1 aromatic carbocycles. The lowest BCUT2D eigenvalue weighted by Gasteiger charge is -2.47. The van der Waals surface area contributed by atoms with E-state index in [1.807, 2.05) is 4.90 Å². The summed E-state index contributed by atoms with van der Waals surface area (Å²) in [5.74, 6) is -2.05. The number of nitrogens with zero attached hydrogens (tertiary/aromatic N) is 5. The average Bonchev–Trinajstić information content (AvgIpc) is 2.95. The maximum absolute atomic E-state index is 14.5. The fourth-order valence-corrected chi connectivity index (χ4v) is 5.59. The van der Waals surface area contributed by atoms with Gasteiger partial charge in [-0.05, 0) is 38.3 Å². The number of aromatic nitrogens is 2. The number of likely N-dealkylation sites (tertiary alicyclic amines) is 1. The molecule has 212 valence electrons. The van der Waals surface area contributed by atoms with E-state index in [9.17, 15) is 18.4 Å². The van der Waals surface area contributed by atoms with Gasteiger partial charge >= 0.3 is 0 Å². The minimum atomic E-state index is -0.800. The Kier molecular flexibility index (Phi) is 9.19. The lowest BCUT2D eigenvalue weighted by Crippen LogP contribution is -2.59. The first-order valence-corrected chi connectivity index (χ1v) is 13.5. The Morgan fingerprint density at radius 2 is 1.90 bits per heavy atom. The van der Waals surface area contributed by atoms with Gasteiger partial charge in [-0.1, -0.05) is 18.5 Å². The lowest BCUT2D eigenvalue weighted by atomic mass is 9.97. The second-order valence-corrected chi connectivity index (χ2v) is 10.2.